The van der Waals surface area contributed by atoms with Gasteiger partial charge in [0.2, 0.25) is 0 Å². The van der Waals surface area contributed by atoms with E-state index in [-0.39, 0.29) is 11.3 Å². The van der Waals surface area contributed by atoms with Crippen LogP contribution in [0, 0.1) is 6.92 Å². The Morgan fingerprint density at radius 1 is 0.886 bits per heavy atom. The summed E-state index contributed by atoms with van der Waals surface area (Å²) in [7, 11) is 0. The van der Waals surface area contributed by atoms with Gasteiger partial charge in [-0.1, -0.05) is 54.1 Å². The molecule has 8 heteroatoms. The molecule has 0 unspecified atom stereocenters. The molecule has 35 heavy (non-hydrogen) atoms. The molecule has 5 aromatic rings. The molecule has 4 nitrogen and oxygen atoms in total. The van der Waals surface area contributed by atoms with E-state index in [0.29, 0.717) is 39.8 Å². The molecular weight excluding hydrogens is 475 g/mol. The Bertz CT molecular complexity index is 1480. The number of rotatable bonds is 5. The van der Waals surface area contributed by atoms with Crippen LogP contribution in [0.25, 0.3) is 28.0 Å². The lowest BCUT2D eigenvalue weighted by Gasteiger charge is -2.12. The lowest BCUT2D eigenvalue weighted by Crippen LogP contribution is -2.13. The van der Waals surface area contributed by atoms with Crippen LogP contribution >= 0.6 is 11.6 Å². The zero-order valence-corrected chi connectivity index (χ0v) is 19.3. The highest BCUT2D eigenvalue weighted by atomic mass is 35.5. The van der Waals surface area contributed by atoms with Crippen LogP contribution < -0.4 is 4.74 Å². The second kappa shape index (κ2) is 9.07. The number of benzene rings is 3. The Balaban J connectivity index is 1.56. The van der Waals surface area contributed by atoms with E-state index >= 15 is 0 Å². The molecule has 0 aliphatic heterocycles. The largest absolute Gasteiger partial charge is 0.489 e. The van der Waals surface area contributed by atoms with Crippen LogP contribution in [0.3, 0.4) is 0 Å². The van der Waals surface area contributed by atoms with Crippen LogP contribution in [-0.2, 0) is 12.8 Å². The third kappa shape index (κ3) is 4.72. The fourth-order valence-electron chi connectivity index (χ4n) is 3.89. The highest BCUT2D eigenvalue weighted by molar-refractivity contribution is 6.30. The minimum Gasteiger partial charge on any atom is -0.489 e. The number of fused-ring (bicyclic) bond motifs is 1. The summed E-state index contributed by atoms with van der Waals surface area (Å²) in [6.07, 6.45) is -4.62. The first-order valence-corrected chi connectivity index (χ1v) is 11.2. The van der Waals surface area contributed by atoms with Crippen molar-refractivity contribution in [2.45, 2.75) is 19.7 Å². The molecule has 0 atom stereocenters. The molecule has 0 saturated carbocycles. The zero-order valence-electron chi connectivity index (χ0n) is 18.6. The van der Waals surface area contributed by atoms with Gasteiger partial charge in [0.05, 0.1) is 11.4 Å². The maximum absolute atomic E-state index is 14.0. The fraction of sp³-hybridized carbons (Fsp3) is 0.111. The van der Waals surface area contributed by atoms with Gasteiger partial charge in [-0.3, -0.25) is 0 Å². The van der Waals surface area contributed by atoms with Gasteiger partial charge in [-0.05, 0) is 60.5 Å². The number of halogens is 4. The number of hydrogen-bond donors (Lipinski definition) is 0. The van der Waals surface area contributed by atoms with Crippen molar-refractivity contribution < 1.29 is 17.9 Å². The van der Waals surface area contributed by atoms with E-state index in [2.05, 4.69) is 10.1 Å². The molecule has 5 rings (SSSR count). The van der Waals surface area contributed by atoms with Gasteiger partial charge in [-0.2, -0.15) is 18.3 Å². The average Bonchev–Trinajstić information content (AvgIpc) is 3.18. The average molecular weight is 494 g/mol. The first-order valence-electron chi connectivity index (χ1n) is 10.8. The van der Waals surface area contributed by atoms with Gasteiger partial charge in [-0.25, -0.2) is 9.50 Å². The molecule has 0 aliphatic rings. The smallest absolute Gasteiger partial charge is 0.433 e. The minimum atomic E-state index is -4.62. The topological polar surface area (TPSA) is 39.4 Å². The number of ether oxygens (including phenoxy) is 1. The van der Waals surface area contributed by atoms with Crippen molar-refractivity contribution in [2.75, 3.05) is 0 Å². The monoisotopic (exact) mass is 493 g/mol. The molecule has 0 fully saturated rings. The summed E-state index contributed by atoms with van der Waals surface area (Å²) in [5, 5.41) is 4.69. The molecule has 0 aliphatic carbocycles. The van der Waals surface area contributed by atoms with Crippen molar-refractivity contribution in [3.8, 4) is 28.1 Å². The van der Waals surface area contributed by atoms with Crippen molar-refractivity contribution >= 4 is 17.2 Å². The quantitative estimate of drug-likeness (QED) is 0.253. The molecule has 3 aromatic carbocycles. The number of aromatic nitrogens is 3. The third-order valence-corrected chi connectivity index (χ3v) is 5.84. The van der Waals surface area contributed by atoms with Crippen LogP contribution in [0.5, 0.6) is 5.75 Å². The van der Waals surface area contributed by atoms with Gasteiger partial charge >= 0.3 is 6.18 Å². The lowest BCUT2D eigenvalue weighted by atomic mass is 10.1. The van der Waals surface area contributed by atoms with E-state index in [4.69, 9.17) is 16.3 Å². The standard InChI is InChI=1S/C27H19ClF3N3O/c1-17-25(20-7-11-21(28)12-8-20)26-32-23(15-24(27(29,30)31)34(26)33-17)19-9-13-22(14-10-19)35-16-18-5-3-2-4-6-18/h2-15H,16H2,1H3. The van der Waals surface area contributed by atoms with Gasteiger partial charge in [0.15, 0.2) is 11.3 Å². The molecule has 0 saturated heterocycles. The summed E-state index contributed by atoms with van der Waals surface area (Å²) in [5.41, 5.74) is 2.61. The Morgan fingerprint density at radius 2 is 1.54 bits per heavy atom. The Morgan fingerprint density at radius 3 is 2.20 bits per heavy atom. The molecule has 2 heterocycles. The van der Waals surface area contributed by atoms with E-state index in [0.717, 1.165) is 16.1 Å². The number of nitrogens with zero attached hydrogens (tertiary/aromatic N) is 3. The van der Waals surface area contributed by atoms with Crippen LogP contribution in [-0.4, -0.2) is 14.6 Å². The molecule has 0 spiro atoms. The van der Waals surface area contributed by atoms with Crippen molar-refractivity contribution in [2.24, 2.45) is 0 Å². The summed E-state index contributed by atoms with van der Waals surface area (Å²) < 4.78 is 48.7. The summed E-state index contributed by atoms with van der Waals surface area (Å²) in [6, 6.07) is 24.4. The highest BCUT2D eigenvalue weighted by Crippen LogP contribution is 2.36. The van der Waals surface area contributed by atoms with Crippen molar-refractivity contribution in [3.63, 3.8) is 0 Å². The van der Waals surface area contributed by atoms with Gasteiger partial charge < -0.3 is 4.74 Å². The maximum Gasteiger partial charge on any atom is 0.433 e. The maximum atomic E-state index is 14.0. The fourth-order valence-corrected chi connectivity index (χ4v) is 4.02. The molecular formula is C27H19ClF3N3O. The van der Waals surface area contributed by atoms with Crippen LogP contribution in [0.2, 0.25) is 5.02 Å². The van der Waals surface area contributed by atoms with Gasteiger partial charge in [-0.15, -0.1) is 0 Å². The van der Waals surface area contributed by atoms with Gasteiger partial charge in [0, 0.05) is 16.1 Å². The molecule has 2 aromatic heterocycles. The second-order valence-corrected chi connectivity index (χ2v) is 8.46. The van der Waals surface area contributed by atoms with E-state index < -0.39 is 11.9 Å². The predicted octanol–water partition coefficient (Wildman–Crippen LogP) is 7.62. The lowest BCUT2D eigenvalue weighted by molar-refractivity contribution is -0.142. The van der Waals surface area contributed by atoms with E-state index in [1.54, 1.807) is 55.5 Å². The summed E-state index contributed by atoms with van der Waals surface area (Å²) in [5.74, 6) is 0.608. The third-order valence-electron chi connectivity index (χ3n) is 5.59. The zero-order chi connectivity index (χ0) is 24.6. The summed E-state index contributed by atoms with van der Waals surface area (Å²) in [4.78, 5) is 4.59. The minimum absolute atomic E-state index is 0.124. The number of hydrogen-bond acceptors (Lipinski definition) is 3. The molecule has 0 radical (unpaired) electrons. The highest BCUT2D eigenvalue weighted by Gasteiger charge is 2.36. The van der Waals surface area contributed by atoms with Gasteiger partial charge in [0.25, 0.3) is 0 Å². The molecule has 0 bridgehead atoms. The van der Waals surface area contributed by atoms with Crippen LogP contribution in [0.1, 0.15) is 17.0 Å². The predicted molar refractivity (Wildman–Crippen MR) is 129 cm³/mol. The molecule has 176 valence electrons. The molecule has 0 N–H and O–H groups in total. The first-order chi connectivity index (χ1) is 16.8. The summed E-state index contributed by atoms with van der Waals surface area (Å²) >= 11 is 6.00. The summed E-state index contributed by atoms with van der Waals surface area (Å²) in [6.45, 7) is 2.06. The van der Waals surface area contributed by atoms with Crippen molar-refractivity contribution in [3.05, 3.63) is 107 Å². The number of aryl methyl sites for hydroxylation is 1. The van der Waals surface area contributed by atoms with E-state index in [1.807, 2.05) is 30.3 Å². The Kier molecular flexibility index (Phi) is 5.94. The number of alkyl halides is 3. The van der Waals surface area contributed by atoms with Crippen molar-refractivity contribution in [1.82, 2.24) is 14.6 Å². The normalized spacial score (nSPS) is 11.7. The second-order valence-electron chi connectivity index (χ2n) is 8.03. The van der Waals surface area contributed by atoms with Crippen LogP contribution in [0.15, 0.2) is 84.9 Å². The SMILES string of the molecule is Cc1nn2c(C(F)(F)F)cc(-c3ccc(OCc4ccccc4)cc3)nc2c1-c1ccc(Cl)cc1. The van der Waals surface area contributed by atoms with Crippen molar-refractivity contribution in [1.29, 1.82) is 0 Å². The molecule has 0 amide bonds. The van der Waals surface area contributed by atoms with E-state index in [1.165, 1.54) is 0 Å². The van der Waals surface area contributed by atoms with Crippen LogP contribution in [0.4, 0.5) is 13.2 Å². The van der Waals surface area contributed by atoms with Gasteiger partial charge in [0.1, 0.15) is 12.4 Å². The Hall–Kier alpha value is -3.84. The van der Waals surface area contributed by atoms with E-state index in [9.17, 15) is 13.2 Å². The first kappa shape index (κ1) is 22.9. The Labute approximate surface area is 204 Å².